The highest BCUT2D eigenvalue weighted by molar-refractivity contribution is 9.10. The number of nitrogens with one attached hydrogen (secondary N) is 2. The van der Waals surface area contributed by atoms with Gasteiger partial charge in [-0.1, -0.05) is 12.1 Å². The first-order chi connectivity index (χ1) is 8.09. The number of anilines is 1. The average molecular weight is 301 g/mol. The van der Waals surface area contributed by atoms with Crippen LogP contribution in [0.2, 0.25) is 0 Å². The molecule has 0 aliphatic carbocycles. The predicted octanol–water partition coefficient (Wildman–Crippen LogP) is 1.45. The first-order valence-corrected chi connectivity index (χ1v) is 5.86. The first kappa shape index (κ1) is 13.7. The normalized spacial score (nSPS) is 9.94. The molecule has 1 aromatic carbocycles. The summed E-state index contributed by atoms with van der Waals surface area (Å²) in [4.78, 5) is 21.7. The molecule has 0 heterocycles. The molecule has 0 spiro atoms. The van der Waals surface area contributed by atoms with E-state index in [2.05, 4.69) is 26.6 Å². The minimum Gasteiger partial charge on any atom is -0.481 e. The van der Waals surface area contributed by atoms with Crippen molar-refractivity contribution in [1.29, 1.82) is 0 Å². The molecule has 0 aromatic heterocycles. The number of hydrogen-bond donors (Lipinski definition) is 3. The summed E-state index contributed by atoms with van der Waals surface area (Å²) >= 11 is 3.31. The van der Waals surface area contributed by atoms with Crippen molar-refractivity contribution in [3.05, 3.63) is 28.7 Å². The van der Waals surface area contributed by atoms with Gasteiger partial charge in [0.05, 0.1) is 18.7 Å². The van der Waals surface area contributed by atoms with Crippen molar-refractivity contribution >= 4 is 33.5 Å². The van der Waals surface area contributed by atoms with E-state index in [0.29, 0.717) is 5.69 Å². The van der Waals surface area contributed by atoms with E-state index in [9.17, 15) is 9.59 Å². The van der Waals surface area contributed by atoms with Gasteiger partial charge in [-0.05, 0) is 28.1 Å². The van der Waals surface area contributed by atoms with Crippen LogP contribution in [0.1, 0.15) is 6.42 Å². The van der Waals surface area contributed by atoms with Gasteiger partial charge in [-0.2, -0.15) is 0 Å². The standard InChI is InChI=1S/C11H13BrN2O3/c12-8-3-1-2-4-9(8)14-10(15)7-13-6-5-11(16)17/h1-4,13H,5-7H2,(H,14,15)(H,16,17). The largest absolute Gasteiger partial charge is 0.481 e. The van der Waals surface area contributed by atoms with Crippen LogP contribution in [0.15, 0.2) is 28.7 Å². The average Bonchev–Trinajstić information content (AvgIpc) is 2.27. The predicted molar refractivity (Wildman–Crippen MR) is 67.9 cm³/mol. The number of carbonyl (C=O) groups is 2. The third-order valence-electron chi connectivity index (χ3n) is 1.95. The van der Waals surface area contributed by atoms with Crippen LogP contribution in [0.5, 0.6) is 0 Å². The lowest BCUT2D eigenvalue weighted by atomic mass is 10.3. The summed E-state index contributed by atoms with van der Waals surface area (Å²) in [5.74, 6) is -1.09. The molecule has 0 radical (unpaired) electrons. The molecule has 6 heteroatoms. The summed E-state index contributed by atoms with van der Waals surface area (Å²) in [5.41, 5.74) is 0.692. The quantitative estimate of drug-likeness (QED) is 0.695. The number of benzene rings is 1. The molecular formula is C11H13BrN2O3. The number of aliphatic carboxylic acids is 1. The van der Waals surface area contributed by atoms with Gasteiger partial charge in [0.15, 0.2) is 0 Å². The number of para-hydroxylation sites is 1. The molecule has 0 aliphatic heterocycles. The number of rotatable bonds is 6. The van der Waals surface area contributed by atoms with Crippen LogP contribution in [-0.4, -0.2) is 30.1 Å². The van der Waals surface area contributed by atoms with Gasteiger partial charge in [-0.25, -0.2) is 0 Å². The van der Waals surface area contributed by atoms with Gasteiger partial charge < -0.3 is 15.7 Å². The maximum absolute atomic E-state index is 11.5. The molecule has 0 saturated heterocycles. The van der Waals surface area contributed by atoms with Crippen LogP contribution in [0.3, 0.4) is 0 Å². The Kier molecular flexibility index (Phi) is 5.65. The first-order valence-electron chi connectivity index (χ1n) is 5.06. The van der Waals surface area contributed by atoms with Crippen LogP contribution < -0.4 is 10.6 Å². The molecule has 1 amide bonds. The third-order valence-corrected chi connectivity index (χ3v) is 2.64. The van der Waals surface area contributed by atoms with E-state index in [1.807, 2.05) is 18.2 Å². The Morgan fingerprint density at radius 2 is 2.00 bits per heavy atom. The molecular weight excluding hydrogens is 288 g/mol. The fourth-order valence-electron chi connectivity index (χ4n) is 1.15. The van der Waals surface area contributed by atoms with Crippen LogP contribution >= 0.6 is 15.9 Å². The highest BCUT2D eigenvalue weighted by Crippen LogP contribution is 2.20. The third kappa shape index (κ3) is 5.46. The van der Waals surface area contributed by atoms with Crippen molar-refractivity contribution in [2.75, 3.05) is 18.4 Å². The van der Waals surface area contributed by atoms with Gasteiger partial charge in [0.25, 0.3) is 0 Å². The van der Waals surface area contributed by atoms with Crippen molar-refractivity contribution < 1.29 is 14.7 Å². The summed E-state index contributed by atoms with van der Waals surface area (Å²) in [6.45, 7) is 0.368. The van der Waals surface area contributed by atoms with E-state index in [0.717, 1.165) is 4.47 Å². The summed E-state index contributed by atoms with van der Waals surface area (Å²) in [6, 6.07) is 7.27. The Bertz CT molecular complexity index is 409. The molecule has 5 nitrogen and oxygen atoms in total. The van der Waals surface area contributed by atoms with Crippen LogP contribution in [0, 0.1) is 0 Å². The summed E-state index contributed by atoms with van der Waals surface area (Å²) in [5, 5.41) is 13.9. The van der Waals surface area contributed by atoms with E-state index >= 15 is 0 Å². The number of halogens is 1. The monoisotopic (exact) mass is 300 g/mol. The summed E-state index contributed by atoms with van der Waals surface area (Å²) < 4.78 is 0.805. The molecule has 3 N–H and O–H groups in total. The fourth-order valence-corrected chi connectivity index (χ4v) is 1.54. The van der Waals surface area contributed by atoms with Crippen molar-refractivity contribution in [2.45, 2.75) is 6.42 Å². The molecule has 0 saturated carbocycles. The van der Waals surface area contributed by atoms with Gasteiger partial charge >= 0.3 is 5.97 Å². The number of amides is 1. The molecule has 0 unspecified atom stereocenters. The maximum atomic E-state index is 11.5. The summed E-state index contributed by atoms with van der Waals surface area (Å²) in [6.07, 6.45) is 0.00229. The van der Waals surface area contributed by atoms with Gasteiger partial charge in [0.1, 0.15) is 0 Å². The number of carboxylic acid groups (broad SMARTS) is 1. The van der Waals surface area contributed by atoms with E-state index < -0.39 is 5.97 Å². The minimum absolute atomic E-state index is 0.00229. The highest BCUT2D eigenvalue weighted by Gasteiger charge is 2.04. The Balaban J connectivity index is 2.30. The second kappa shape index (κ2) is 7.03. The zero-order chi connectivity index (χ0) is 12.7. The zero-order valence-electron chi connectivity index (χ0n) is 9.07. The number of carbonyl (C=O) groups excluding carboxylic acids is 1. The minimum atomic E-state index is -0.885. The highest BCUT2D eigenvalue weighted by atomic mass is 79.9. The lowest BCUT2D eigenvalue weighted by molar-refractivity contribution is -0.137. The van der Waals surface area contributed by atoms with Crippen molar-refractivity contribution in [3.63, 3.8) is 0 Å². The fraction of sp³-hybridized carbons (Fsp3) is 0.273. The van der Waals surface area contributed by atoms with Crippen molar-refractivity contribution in [3.8, 4) is 0 Å². The van der Waals surface area contributed by atoms with E-state index in [1.165, 1.54) is 0 Å². The Morgan fingerprint density at radius 1 is 1.29 bits per heavy atom. The second-order valence-electron chi connectivity index (χ2n) is 3.35. The second-order valence-corrected chi connectivity index (χ2v) is 4.20. The smallest absolute Gasteiger partial charge is 0.304 e. The molecule has 0 bridgehead atoms. The van der Waals surface area contributed by atoms with Crippen LogP contribution in [0.25, 0.3) is 0 Å². The van der Waals surface area contributed by atoms with Gasteiger partial charge in [-0.15, -0.1) is 0 Å². The van der Waals surface area contributed by atoms with E-state index in [4.69, 9.17) is 5.11 Å². The van der Waals surface area contributed by atoms with Crippen molar-refractivity contribution in [2.24, 2.45) is 0 Å². The number of carboxylic acids is 1. The Hall–Kier alpha value is -1.40. The molecule has 0 aliphatic rings. The molecule has 1 aromatic rings. The SMILES string of the molecule is O=C(O)CCNCC(=O)Nc1ccccc1Br. The number of hydrogen-bond acceptors (Lipinski definition) is 3. The Morgan fingerprint density at radius 3 is 2.65 bits per heavy atom. The molecule has 0 atom stereocenters. The Labute approximate surface area is 107 Å². The molecule has 0 fully saturated rings. The molecule has 17 heavy (non-hydrogen) atoms. The molecule has 92 valence electrons. The zero-order valence-corrected chi connectivity index (χ0v) is 10.7. The maximum Gasteiger partial charge on any atom is 0.304 e. The lowest BCUT2D eigenvalue weighted by Gasteiger charge is -2.07. The van der Waals surface area contributed by atoms with E-state index in [1.54, 1.807) is 6.07 Å². The van der Waals surface area contributed by atoms with Crippen molar-refractivity contribution in [1.82, 2.24) is 5.32 Å². The van der Waals surface area contributed by atoms with Crippen LogP contribution in [-0.2, 0) is 9.59 Å². The molecule has 1 rings (SSSR count). The van der Waals surface area contributed by atoms with E-state index in [-0.39, 0.29) is 25.4 Å². The van der Waals surface area contributed by atoms with Gasteiger partial charge in [-0.3, -0.25) is 9.59 Å². The lowest BCUT2D eigenvalue weighted by Crippen LogP contribution is -2.29. The van der Waals surface area contributed by atoms with Crippen LogP contribution in [0.4, 0.5) is 5.69 Å². The topological polar surface area (TPSA) is 78.4 Å². The van der Waals surface area contributed by atoms with Gasteiger partial charge in [0.2, 0.25) is 5.91 Å². The summed E-state index contributed by atoms with van der Waals surface area (Å²) in [7, 11) is 0. The van der Waals surface area contributed by atoms with Gasteiger partial charge in [0, 0.05) is 11.0 Å².